The normalized spacial score (nSPS) is 10.9. The Morgan fingerprint density at radius 3 is 2.25 bits per heavy atom. The number of carbonyl (C=O) groups excluding carboxylic acids is 1. The van der Waals surface area contributed by atoms with Gasteiger partial charge in [0.15, 0.2) is 5.78 Å². The fraction of sp³-hybridized carbons (Fsp3) is 0.0455. The summed E-state index contributed by atoms with van der Waals surface area (Å²) in [4.78, 5) is 12.6. The van der Waals surface area contributed by atoms with E-state index in [1.165, 1.54) is 17.7 Å². The number of benzene rings is 3. The second kappa shape index (κ2) is 7.05. The minimum atomic E-state index is -0.290. The van der Waals surface area contributed by atoms with Gasteiger partial charge in [0.05, 0.1) is 0 Å². The van der Waals surface area contributed by atoms with Gasteiger partial charge < -0.3 is 0 Å². The van der Waals surface area contributed by atoms with Crippen LogP contribution < -0.4 is 0 Å². The molecule has 0 unspecified atom stereocenters. The molecule has 3 aromatic rings. The van der Waals surface area contributed by atoms with Gasteiger partial charge >= 0.3 is 0 Å². The maximum absolute atomic E-state index is 13.1. The molecule has 0 fully saturated rings. The Labute approximate surface area is 141 Å². The van der Waals surface area contributed by atoms with E-state index >= 15 is 0 Å². The number of halogens is 1. The first-order valence-corrected chi connectivity index (χ1v) is 7.77. The second-order valence-corrected chi connectivity index (χ2v) is 5.66. The van der Waals surface area contributed by atoms with Crippen molar-refractivity contribution in [3.63, 3.8) is 0 Å². The third-order valence-electron chi connectivity index (χ3n) is 3.85. The third-order valence-corrected chi connectivity index (χ3v) is 3.85. The number of hydrogen-bond donors (Lipinski definition) is 0. The van der Waals surface area contributed by atoms with E-state index in [-0.39, 0.29) is 11.6 Å². The third kappa shape index (κ3) is 3.66. The van der Waals surface area contributed by atoms with Crippen LogP contribution in [0.3, 0.4) is 0 Å². The Hall–Kier alpha value is -3.00. The molecule has 0 N–H and O–H groups in total. The van der Waals surface area contributed by atoms with Crippen molar-refractivity contribution in [2.45, 2.75) is 6.92 Å². The number of carbonyl (C=O) groups is 1. The molecule has 0 aliphatic rings. The molecule has 0 atom stereocenters. The average molecular weight is 316 g/mol. The first kappa shape index (κ1) is 15.9. The molecule has 0 aliphatic heterocycles. The summed E-state index contributed by atoms with van der Waals surface area (Å²) in [7, 11) is 0. The van der Waals surface area contributed by atoms with Gasteiger partial charge in [0.1, 0.15) is 5.82 Å². The summed E-state index contributed by atoms with van der Waals surface area (Å²) in [6, 6.07) is 21.5. The summed E-state index contributed by atoms with van der Waals surface area (Å²) >= 11 is 0. The van der Waals surface area contributed by atoms with Crippen LogP contribution in [0.5, 0.6) is 0 Å². The second-order valence-electron chi connectivity index (χ2n) is 5.66. The Balaban J connectivity index is 1.90. The molecule has 0 saturated heterocycles. The molecular formula is C22H17FO. The summed E-state index contributed by atoms with van der Waals surface area (Å²) in [5, 5.41) is 0. The van der Waals surface area contributed by atoms with Crippen LogP contribution in [0.25, 0.3) is 17.2 Å². The predicted molar refractivity (Wildman–Crippen MR) is 96.4 cm³/mol. The molecule has 0 bridgehead atoms. The standard InChI is InChI=1S/C22H17FO/c1-16-6-8-17(9-7-16)10-15-22(24)21-5-3-2-4-20(21)18-11-13-19(23)14-12-18/h2-15H,1H3/b15-10+. The van der Waals surface area contributed by atoms with Crippen molar-refractivity contribution >= 4 is 11.9 Å². The van der Waals surface area contributed by atoms with E-state index in [9.17, 15) is 9.18 Å². The highest BCUT2D eigenvalue weighted by molar-refractivity contribution is 6.10. The van der Waals surface area contributed by atoms with Crippen LogP contribution in [0.2, 0.25) is 0 Å². The number of ketones is 1. The van der Waals surface area contributed by atoms with Crippen molar-refractivity contribution in [2.24, 2.45) is 0 Å². The van der Waals surface area contributed by atoms with Gasteiger partial charge in [-0.25, -0.2) is 4.39 Å². The largest absolute Gasteiger partial charge is 0.289 e. The fourth-order valence-electron chi connectivity index (χ4n) is 2.52. The van der Waals surface area contributed by atoms with Gasteiger partial charge in [-0.15, -0.1) is 0 Å². The molecular weight excluding hydrogens is 299 g/mol. The van der Waals surface area contributed by atoms with Gasteiger partial charge in [0.25, 0.3) is 0 Å². The van der Waals surface area contributed by atoms with E-state index in [1.807, 2.05) is 55.5 Å². The Kier molecular flexibility index (Phi) is 4.66. The summed E-state index contributed by atoms with van der Waals surface area (Å²) in [5.74, 6) is -0.364. The average Bonchev–Trinajstić information content (AvgIpc) is 2.62. The molecule has 0 aliphatic carbocycles. The number of aryl methyl sites for hydroxylation is 1. The maximum atomic E-state index is 13.1. The smallest absolute Gasteiger partial charge is 0.186 e. The first-order valence-electron chi connectivity index (χ1n) is 7.77. The Bertz CT molecular complexity index is 875. The summed E-state index contributed by atoms with van der Waals surface area (Å²) in [5.41, 5.74) is 4.39. The zero-order valence-electron chi connectivity index (χ0n) is 13.4. The fourth-order valence-corrected chi connectivity index (χ4v) is 2.52. The van der Waals surface area contributed by atoms with E-state index in [2.05, 4.69) is 0 Å². The zero-order chi connectivity index (χ0) is 16.9. The summed E-state index contributed by atoms with van der Waals surface area (Å²) in [6.07, 6.45) is 3.39. The van der Waals surface area contributed by atoms with Crippen molar-refractivity contribution in [2.75, 3.05) is 0 Å². The lowest BCUT2D eigenvalue weighted by Gasteiger charge is -2.07. The molecule has 24 heavy (non-hydrogen) atoms. The van der Waals surface area contributed by atoms with Gasteiger partial charge in [-0.3, -0.25) is 4.79 Å². The highest BCUT2D eigenvalue weighted by Crippen LogP contribution is 2.24. The highest BCUT2D eigenvalue weighted by Gasteiger charge is 2.10. The number of allylic oxidation sites excluding steroid dienone is 1. The molecule has 2 heteroatoms. The Morgan fingerprint density at radius 2 is 1.54 bits per heavy atom. The molecule has 1 nitrogen and oxygen atoms in total. The molecule has 0 aromatic heterocycles. The molecule has 118 valence electrons. The quantitative estimate of drug-likeness (QED) is 0.446. The van der Waals surface area contributed by atoms with Crippen LogP contribution in [-0.4, -0.2) is 5.78 Å². The molecule has 0 spiro atoms. The minimum Gasteiger partial charge on any atom is -0.289 e. The van der Waals surface area contributed by atoms with Crippen LogP contribution >= 0.6 is 0 Å². The summed E-state index contributed by atoms with van der Waals surface area (Å²) < 4.78 is 13.1. The molecule has 0 amide bonds. The maximum Gasteiger partial charge on any atom is 0.186 e. The van der Waals surface area contributed by atoms with Crippen LogP contribution in [0.1, 0.15) is 21.5 Å². The molecule has 3 aromatic carbocycles. The van der Waals surface area contributed by atoms with Crippen molar-refractivity contribution in [3.8, 4) is 11.1 Å². The van der Waals surface area contributed by atoms with Crippen molar-refractivity contribution < 1.29 is 9.18 Å². The van der Waals surface area contributed by atoms with E-state index in [0.717, 1.165) is 16.7 Å². The van der Waals surface area contributed by atoms with Crippen molar-refractivity contribution in [1.29, 1.82) is 0 Å². The Morgan fingerprint density at radius 1 is 0.875 bits per heavy atom. The monoisotopic (exact) mass is 316 g/mol. The first-order chi connectivity index (χ1) is 11.6. The van der Waals surface area contributed by atoms with E-state index in [1.54, 1.807) is 24.3 Å². The van der Waals surface area contributed by atoms with Gasteiger partial charge in [-0.05, 0) is 41.8 Å². The van der Waals surface area contributed by atoms with Gasteiger partial charge in [-0.1, -0.05) is 72.3 Å². The van der Waals surface area contributed by atoms with Crippen LogP contribution in [0, 0.1) is 12.7 Å². The molecule has 0 heterocycles. The molecule has 0 saturated carbocycles. The van der Waals surface area contributed by atoms with E-state index in [0.29, 0.717) is 5.56 Å². The van der Waals surface area contributed by atoms with E-state index in [4.69, 9.17) is 0 Å². The van der Waals surface area contributed by atoms with Crippen molar-refractivity contribution in [3.05, 3.63) is 101 Å². The molecule has 0 radical (unpaired) electrons. The lowest BCUT2D eigenvalue weighted by Crippen LogP contribution is -1.97. The van der Waals surface area contributed by atoms with Crippen molar-refractivity contribution in [1.82, 2.24) is 0 Å². The van der Waals surface area contributed by atoms with Gasteiger partial charge in [-0.2, -0.15) is 0 Å². The number of rotatable bonds is 4. The lowest BCUT2D eigenvalue weighted by molar-refractivity contribution is 0.104. The van der Waals surface area contributed by atoms with Crippen LogP contribution in [0.15, 0.2) is 78.9 Å². The minimum absolute atomic E-state index is 0.0736. The van der Waals surface area contributed by atoms with Gasteiger partial charge in [0.2, 0.25) is 0 Å². The predicted octanol–water partition coefficient (Wildman–Crippen LogP) is 5.70. The van der Waals surface area contributed by atoms with Gasteiger partial charge in [0, 0.05) is 5.56 Å². The highest BCUT2D eigenvalue weighted by atomic mass is 19.1. The molecule has 3 rings (SSSR count). The van der Waals surface area contributed by atoms with Crippen LogP contribution in [0.4, 0.5) is 4.39 Å². The number of hydrogen-bond acceptors (Lipinski definition) is 1. The topological polar surface area (TPSA) is 17.1 Å². The van der Waals surface area contributed by atoms with E-state index < -0.39 is 0 Å². The SMILES string of the molecule is Cc1ccc(/C=C/C(=O)c2ccccc2-c2ccc(F)cc2)cc1. The van der Waals surface area contributed by atoms with Crippen LogP contribution in [-0.2, 0) is 0 Å². The lowest BCUT2D eigenvalue weighted by atomic mass is 9.96. The zero-order valence-corrected chi connectivity index (χ0v) is 13.4. The summed E-state index contributed by atoms with van der Waals surface area (Å²) in [6.45, 7) is 2.03.